The molecule has 4 N–H and O–H groups in total. The van der Waals surface area contributed by atoms with E-state index in [0.29, 0.717) is 6.42 Å². The second kappa shape index (κ2) is 14.8. The van der Waals surface area contributed by atoms with Crippen molar-refractivity contribution < 1.29 is 23.9 Å². The van der Waals surface area contributed by atoms with Crippen LogP contribution in [0.3, 0.4) is 0 Å². The second-order valence-corrected chi connectivity index (χ2v) is 10.9. The smallest absolute Gasteiger partial charge is 0.407 e. The maximum absolute atomic E-state index is 13.5. The van der Waals surface area contributed by atoms with Crippen molar-refractivity contribution in [2.45, 2.75) is 57.9 Å². The lowest BCUT2D eigenvalue weighted by molar-refractivity contribution is -0.124. The standard InChI is InChI=1S/C33H37N5O5/c1-21(2)17-29(31(40)37-30(18-23-11-5-4-6-12-23)38-32(41)35-22(3)34-20-39)36-33(42)43-19-28-26-15-9-7-13-24(26)25-14-8-10-16-27(25)28/h4-16,21-22,28-30H,17-19H2,1-3H3,(H,36,42)(H,37,40)(H2,35,38,41)/t22-,29-,30+/m0/s1. The van der Waals surface area contributed by atoms with Crippen molar-refractivity contribution in [3.05, 3.63) is 95.6 Å². The molecule has 0 fully saturated rings. The molecule has 10 heteroatoms. The van der Waals surface area contributed by atoms with Crippen LogP contribution in [0.2, 0.25) is 0 Å². The van der Waals surface area contributed by atoms with Crippen LogP contribution < -0.4 is 21.3 Å². The number of alkyl carbamates (subject to hydrolysis) is 1. The Bertz CT molecular complexity index is 1430. The quantitative estimate of drug-likeness (QED) is 0.140. The summed E-state index contributed by atoms with van der Waals surface area (Å²) in [4.78, 5) is 53.1. The van der Waals surface area contributed by atoms with E-state index in [9.17, 15) is 19.2 Å². The van der Waals surface area contributed by atoms with E-state index in [1.807, 2.05) is 80.6 Å². The molecule has 43 heavy (non-hydrogen) atoms. The highest BCUT2D eigenvalue weighted by atomic mass is 16.5. The monoisotopic (exact) mass is 583 g/mol. The van der Waals surface area contributed by atoms with Crippen LogP contribution in [0.15, 0.2) is 83.9 Å². The van der Waals surface area contributed by atoms with E-state index in [-0.39, 0.29) is 24.9 Å². The average molecular weight is 584 g/mol. The first-order chi connectivity index (χ1) is 20.7. The number of urea groups is 1. The molecule has 3 atom stereocenters. The zero-order chi connectivity index (χ0) is 30.8. The van der Waals surface area contributed by atoms with Gasteiger partial charge in [0, 0.05) is 12.3 Å². The Morgan fingerprint density at radius 2 is 1.42 bits per heavy atom. The number of fused-ring (bicyclic) bond motifs is 3. The minimum atomic E-state index is -0.905. The van der Waals surface area contributed by atoms with Gasteiger partial charge in [-0.05, 0) is 47.1 Å². The van der Waals surface area contributed by atoms with Gasteiger partial charge in [0.1, 0.15) is 25.0 Å². The van der Waals surface area contributed by atoms with Gasteiger partial charge in [0.15, 0.2) is 0 Å². The normalized spacial score (nSPS) is 13.9. The summed E-state index contributed by atoms with van der Waals surface area (Å²) in [6.07, 6.45) is -0.282. The van der Waals surface area contributed by atoms with Crippen molar-refractivity contribution in [1.82, 2.24) is 21.3 Å². The molecule has 0 bridgehead atoms. The van der Waals surface area contributed by atoms with Gasteiger partial charge in [0.25, 0.3) is 0 Å². The topological polar surface area (TPSA) is 138 Å². The molecule has 0 spiro atoms. The summed E-state index contributed by atoms with van der Waals surface area (Å²) in [5.74, 6) is -0.502. The predicted molar refractivity (Wildman–Crippen MR) is 163 cm³/mol. The Hall–Kier alpha value is -4.95. The fourth-order valence-corrected chi connectivity index (χ4v) is 5.25. The molecule has 0 unspecified atom stereocenters. The summed E-state index contributed by atoms with van der Waals surface area (Å²) in [6.45, 7) is 5.53. The van der Waals surface area contributed by atoms with Crippen LogP contribution in [0.1, 0.15) is 49.8 Å². The number of nitrogens with zero attached hydrogens (tertiary/aromatic N) is 1. The molecule has 10 nitrogen and oxygen atoms in total. The van der Waals surface area contributed by atoms with E-state index in [4.69, 9.17) is 4.74 Å². The summed E-state index contributed by atoms with van der Waals surface area (Å²) >= 11 is 0. The average Bonchev–Trinajstić information content (AvgIpc) is 3.29. The van der Waals surface area contributed by atoms with Gasteiger partial charge >= 0.3 is 12.1 Å². The lowest BCUT2D eigenvalue weighted by Crippen LogP contribution is -2.57. The van der Waals surface area contributed by atoms with E-state index >= 15 is 0 Å². The second-order valence-electron chi connectivity index (χ2n) is 10.9. The van der Waals surface area contributed by atoms with E-state index in [2.05, 4.69) is 38.4 Å². The fourth-order valence-electron chi connectivity index (χ4n) is 5.25. The van der Waals surface area contributed by atoms with E-state index in [1.165, 1.54) is 13.0 Å². The summed E-state index contributed by atoms with van der Waals surface area (Å²) in [5.41, 5.74) is 5.30. The molecular formula is C33H37N5O5. The first-order valence-electron chi connectivity index (χ1n) is 14.3. The molecule has 0 saturated carbocycles. The summed E-state index contributed by atoms with van der Waals surface area (Å²) in [6, 6.07) is 23.9. The molecule has 0 aliphatic heterocycles. The molecule has 1 aliphatic rings. The Morgan fingerprint density at radius 1 is 0.814 bits per heavy atom. The van der Waals surface area contributed by atoms with Gasteiger partial charge in [-0.15, -0.1) is 0 Å². The van der Waals surface area contributed by atoms with Gasteiger partial charge in [-0.2, -0.15) is 4.99 Å². The van der Waals surface area contributed by atoms with Crippen LogP contribution in [-0.2, 0) is 20.7 Å². The van der Waals surface area contributed by atoms with Crippen LogP contribution in [0.4, 0.5) is 9.59 Å². The van der Waals surface area contributed by atoms with Crippen molar-refractivity contribution in [3.8, 4) is 11.1 Å². The van der Waals surface area contributed by atoms with Crippen molar-refractivity contribution in [2.24, 2.45) is 10.9 Å². The van der Waals surface area contributed by atoms with Crippen molar-refractivity contribution in [1.29, 1.82) is 0 Å². The highest BCUT2D eigenvalue weighted by Crippen LogP contribution is 2.44. The molecule has 0 heterocycles. The molecule has 3 aromatic rings. The summed E-state index contributed by atoms with van der Waals surface area (Å²) in [5, 5.41) is 10.8. The van der Waals surface area contributed by atoms with Gasteiger partial charge in [0.05, 0.1) is 0 Å². The van der Waals surface area contributed by atoms with Gasteiger partial charge < -0.3 is 26.0 Å². The Kier molecular flexibility index (Phi) is 10.7. The Morgan fingerprint density at radius 3 is 2.02 bits per heavy atom. The van der Waals surface area contributed by atoms with E-state index in [0.717, 1.165) is 27.8 Å². The number of nitrogens with one attached hydrogen (secondary N) is 4. The Labute approximate surface area is 251 Å². The first-order valence-corrected chi connectivity index (χ1v) is 14.3. The minimum absolute atomic E-state index is 0.0792. The number of isocyanates is 1. The first kappa shape index (κ1) is 31.0. The van der Waals surface area contributed by atoms with Crippen LogP contribution >= 0.6 is 0 Å². The fraction of sp³-hybridized carbons (Fsp3) is 0.333. The van der Waals surface area contributed by atoms with Gasteiger partial charge in [-0.3, -0.25) is 4.79 Å². The third-order valence-electron chi connectivity index (χ3n) is 7.15. The number of carbonyl (C=O) groups is 3. The van der Waals surface area contributed by atoms with Crippen LogP contribution in [0.5, 0.6) is 0 Å². The highest BCUT2D eigenvalue weighted by molar-refractivity contribution is 5.86. The molecule has 0 saturated heterocycles. The molecule has 0 aromatic heterocycles. The summed E-state index contributed by atoms with van der Waals surface area (Å²) < 4.78 is 5.68. The van der Waals surface area contributed by atoms with Crippen LogP contribution in [0.25, 0.3) is 11.1 Å². The van der Waals surface area contributed by atoms with Crippen molar-refractivity contribution in [2.75, 3.05) is 6.61 Å². The number of hydrogen-bond donors (Lipinski definition) is 4. The van der Waals surface area contributed by atoms with Gasteiger partial charge in [0.2, 0.25) is 12.0 Å². The van der Waals surface area contributed by atoms with Crippen molar-refractivity contribution in [3.63, 3.8) is 0 Å². The zero-order valence-electron chi connectivity index (χ0n) is 24.5. The predicted octanol–water partition coefficient (Wildman–Crippen LogP) is 4.61. The molecule has 4 amide bonds. The van der Waals surface area contributed by atoms with Crippen LogP contribution in [0, 0.1) is 5.92 Å². The molecule has 1 aliphatic carbocycles. The number of rotatable bonds is 12. The molecule has 3 aromatic carbocycles. The molecule has 0 radical (unpaired) electrons. The largest absolute Gasteiger partial charge is 0.449 e. The Balaban J connectivity index is 1.42. The van der Waals surface area contributed by atoms with Crippen molar-refractivity contribution >= 4 is 24.1 Å². The third kappa shape index (κ3) is 8.53. The summed E-state index contributed by atoms with van der Waals surface area (Å²) in [7, 11) is 0. The maximum atomic E-state index is 13.5. The number of hydrogen-bond acceptors (Lipinski definition) is 6. The molecule has 4 rings (SSSR count). The zero-order valence-corrected chi connectivity index (χ0v) is 24.5. The minimum Gasteiger partial charge on any atom is -0.449 e. The maximum Gasteiger partial charge on any atom is 0.407 e. The number of aliphatic imine (C=N–C) groups is 1. The lowest BCUT2D eigenvalue weighted by atomic mass is 9.98. The van der Waals surface area contributed by atoms with E-state index in [1.54, 1.807) is 0 Å². The van der Waals surface area contributed by atoms with Gasteiger partial charge in [-0.1, -0.05) is 92.7 Å². The van der Waals surface area contributed by atoms with E-state index < -0.39 is 36.4 Å². The lowest BCUT2D eigenvalue weighted by Gasteiger charge is -2.26. The number of carbonyl (C=O) groups excluding carboxylic acids is 4. The molecular weight excluding hydrogens is 546 g/mol. The SMILES string of the molecule is CC(C)C[C@H](NC(=O)OCC1c2ccccc2-c2ccccc21)C(=O)N[C@@H](Cc1ccccc1)NC(=O)N[C@@H](C)N=C=O. The highest BCUT2D eigenvalue weighted by Gasteiger charge is 2.30. The third-order valence-corrected chi connectivity index (χ3v) is 7.15. The molecule has 224 valence electrons. The number of ether oxygens (including phenoxy) is 1. The van der Waals surface area contributed by atoms with Gasteiger partial charge in [-0.25, -0.2) is 14.4 Å². The number of benzene rings is 3. The number of amides is 4. The van der Waals surface area contributed by atoms with Crippen LogP contribution in [-0.4, -0.2) is 49.1 Å².